The first-order valence-corrected chi connectivity index (χ1v) is 15.9. The molecule has 2 amide bonds. The first-order valence-electron chi connectivity index (χ1n) is 13.7. The summed E-state index contributed by atoms with van der Waals surface area (Å²) in [7, 11) is -4.20. The van der Waals surface area contributed by atoms with Gasteiger partial charge in [-0.2, -0.15) is 0 Å². The van der Waals surface area contributed by atoms with E-state index in [4.69, 9.17) is 23.2 Å². The lowest BCUT2D eigenvalue weighted by atomic mass is 9.95. The minimum Gasteiger partial charge on any atom is -0.352 e. The van der Waals surface area contributed by atoms with Crippen molar-refractivity contribution >= 4 is 50.7 Å². The Labute approximate surface area is 252 Å². The lowest BCUT2D eigenvalue weighted by Crippen LogP contribution is -2.53. The molecular weight excluding hydrogens is 581 g/mol. The SMILES string of the molecule is Cc1ccc(S(=O)(=O)N(CC(=O)N(Cc2ccccc2Cl)C(C)C(=O)NC2CCCCC2)c2ccccc2Cl)cc1. The molecule has 7 nitrogen and oxygen atoms in total. The Hall–Kier alpha value is -3.07. The summed E-state index contributed by atoms with van der Waals surface area (Å²) in [5, 5.41) is 3.71. The van der Waals surface area contributed by atoms with E-state index in [1.165, 1.54) is 17.0 Å². The molecule has 3 aromatic rings. The Morgan fingerprint density at radius 2 is 1.51 bits per heavy atom. The Morgan fingerprint density at radius 1 is 0.902 bits per heavy atom. The van der Waals surface area contributed by atoms with Crippen LogP contribution in [0.15, 0.2) is 77.7 Å². The summed E-state index contributed by atoms with van der Waals surface area (Å²) in [6.45, 7) is 2.98. The molecule has 0 spiro atoms. The van der Waals surface area contributed by atoms with E-state index in [1.807, 2.05) is 6.92 Å². The largest absolute Gasteiger partial charge is 0.352 e. The predicted molar refractivity (Wildman–Crippen MR) is 164 cm³/mol. The van der Waals surface area contributed by atoms with Crippen molar-refractivity contribution in [3.05, 3.63) is 94.0 Å². The molecule has 0 aliphatic heterocycles. The number of carbonyl (C=O) groups is 2. The maximum atomic E-state index is 14.1. The van der Waals surface area contributed by atoms with E-state index in [0.29, 0.717) is 10.6 Å². The first-order chi connectivity index (χ1) is 19.6. The molecular formula is C31H35Cl2N3O4S. The maximum absolute atomic E-state index is 14.1. The number of amides is 2. The fraction of sp³-hybridized carbons (Fsp3) is 0.355. The minimum absolute atomic E-state index is 0.0246. The Bertz CT molecular complexity index is 1470. The zero-order valence-corrected chi connectivity index (χ0v) is 25.6. The smallest absolute Gasteiger partial charge is 0.264 e. The number of para-hydroxylation sites is 1. The Balaban J connectivity index is 1.69. The van der Waals surface area contributed by atoms with Gasteiger partial charge in [0.25, 0.3) is 10.0 Å². The van der Waals surface area contributed by atoms with Crippen LogP contribution in [0.3, 0.4) is 0 Å². The molecule has 1 aliphatic carbocycles. The number of anilines is 1. The molecule has 0 bridgehead atoms. The highest BCUT2D eigenvalue weighted by atomic mass is 35.5. The van der Waals surface area contributed by atoms with Crippen molar-refractivity contribution in [2.45, 2.75) is 69.5 Å². The fourth-order valence-electron chi connectivity index (χ4n) is 4.97. The number of halogens is 2. The van der Waals surface area contributed by atoms with Gasteiger partial charge in [-0.05, 0) is 62.6 Å². The quantitative estimate of drug-likeness (QED) is 0.287. The molecule has 3 aromatic carbocycles. The molecule has 218 valence electrons. The van der Waals surface area contributed by atoms with Crippen molar-refractivity contribution < 1.29 is 18.0 Å². The van der Waals surface area contributed by atoms with E-state index >= 15 is 0 Å². The number of nitrogens with zero attached hydrogens (tertiary/aromatic N) is 2. The van der Waals surface area contributed by atoms with Crippen molar-refractivity contribution in [3.8, 4) is 0 Å². The second kappa shape index (κ2) is 13.7. The van der Waals surface area contributed by atoms with Crippen LogP contribution in [0.2, 0.25) is 10.0 Å². The van der Waals surface area contributed by atoms with Crippen molar-refractivity contribution in [3.63, 3.8) is 0 Å². The van der Waals surface area contributed by atoms with Gasteiger partial charge in [-0.25, -0.2) is 8.42 Å². The number of carbonyl (C=O) groups excluding carboxylic acids is 2. The molecule has 0 saturated heterocycles. The van der Waals surface area contributed by atoms with E-state index in [0.717, 1.165) is 42.0 Å². The molecule has 4 rings (SSSR count). The van der Waals surface area contributed by atoms with Gasteiger partial charge in [-0.3, -0.25) is 13.9 Å². The molecule has 1 atom stereocenters. The lowest BCUT2D eigenvalue weighted by Gasteiger charge is -2.33. The first kappa shape index (κ1) is 30.9. The van der Waals surface area contributed by atoms with Gasteiger partial charge in [-0.15, -0.1) is 0 Å². The normalized spacial score (nSPS) is 14.7. The van der Waals surface area contributed by atoms with Crippen LogP contribution in [0.4, 0.5) is 5.69 Å². The predicted octanol–water partition coefficient (Wildman–Crippen LogP) is 6.36. The highest BCUT2D eigenvalue weighted by molar-refractivity contribution is 7.92. The zero-order valence-electron chi connectivity index (χ0n) is 23.2. The van der Waals surface area contributed by atoms with Crippen molar-refractivity contribution in [1.29, 1.82) is 0 Å². The van der Waals surface area contributed by atoms with Crippen LogP contribution in [-0.4, -0.2) is 43.8 Å². The van der Waals surface area contributed by atoms with Crippen LogP contribution >= 0.6 is 23.2 Å². The van der Waals surface area contributed by atoms with Gasteiger partial charge in [0, 0.05) is 17.6 Å². The molecule has 1 unspecified atom stereocenters. The second-order valence-electron chi connectivity index (χ2n) is 10.4. The van der Waals surface area contributed by atoms with Gasteiger partial charge >= 0.3 is 0 Å². The third kappa shape index (κ3) is 7.61. The molecule has 1 saturated carbocycles. The summed E-state index contributed by atoms with van der Waals surface area (Å²) in [5.74, 6) is -0.852. The molecule has 1 fully saturated rings. The van der Waals surface area contributed by atoms with E-state index in [2.05, 4.69) is 5.32 Å². The number of benzene rings is 3. The van der Waals surface area contributed by atoms with Crippen molar-refractivity contribution in [2.75, 3.05) is 10.8 Å². The molecule has 0 aromatic heterocycles. The van der Waals surface area contributed by atoms with E-state index in [1.54, 1.807) is 67.6 Å². The topological polar surface area (TPSA) is 86.8 Å². The second-order valence-corrected chi connectivity index (χ2v) is 13.1. The average Bonchev–Trinajstić information content (AvgIpc) is 2.96. The molecule has 10 heteroatoms. The number of hydrogen-bond acceptors (Lipinski definition) is 4. The van der Waals surface area contributed by atoms with Crippen LogP contribution in [0.1, 0.15) is 50.2 Å². The highest BCUT2D eigenvalue weighted by Crippen LogP contribution is 2.31. The molecule has 41 heavy (non-hydrogen) atoms. The fourth-order valence-corrected chi connectivity index (χ4v) is 6.88. The van der Waals surface area contributed by atoms with E-state index in [9.17, 15) is 18.0 Å². The maximum Gasteiger partial charge on any atom is 0.264 e. The summed E-state index contributed by atoms with van der Waals surface area (Å²) in [6, 6.07) is 19.1. The van der Waals surface area contributed by atoms with E-state index in [-0.39, 0.29) is 34.1 Å². The van der Waals surface area contributed by atoms with Gasteiger partial charge in [0.1, 0.15) is 12.6 Å². The highest BCUT2D eigenvalue weighted by Gasteiger charge is 2.34. The van der Waals surface area contributed by atoms with Crippen LogP contribution in [0, 0.1) is 6.92 Å². The van der Waals surface area contributed by atoms with E-state index < -0.39 is 28.5 Å². The van der Waals surface area contributed by atoms with Crippen LogP contribution in [-0.2, 0) is 26.2 Å². The zero-order chi connectivity index (χ0) is 29.6. The molecule has 0 heterocycles. The number of hydrogen-bond donors (Lipinski definition) is 1. The molecule has 1 N–H and O–H groups in total. The summed E-state index contributed by atoms with van der Waals surface area (Å²) in [4.78, 5) is 28.9. The van der Waals surface area contributed by atoms with Crippen LogP contribution < -0.4 is 9.62 Å². The third-order valence-electron chi connectivity index (χ3n) is 7.43. The van der Waals surface area contributed by atoms with Gasteiger partial charge in [0.2, 0.25) is 11.8 Å². The summed E-state index contributed by atoms with van der Waals surface area (Å²) < 4.78 is 28.9. The molecule has 1 aliphatic rings. The van der Waals surface area contributed by atoms with Crippen LogP contribution in [0.25, 0.3) is 0 Å². The summed E-state index contributed by atoms with van der Waals surface area (Å²) >= 11 is 12.9. The number of rotatable bonds is 10. The van der Waals surface area contributed by atoms with Gasteiger partial charge < -0.3 is 10.2 Å². The average molecular weight is 617 g/mol. The Morgan fingerprint density at radius 3 is 2.15 bits per heavy atom. The van der Waals surface area contributed by atoms with Gasteiger partial charge in [0.05, 0.1) is 15.6 Å². The standard InChI is InChI=1S/C31H35Cl2N3O4S/c1-22-16-18-26(19-17-22)41(39,40)36(29-15-9-8-14-28(29)33)21-30(37)35(20-24-10-6-7-13-27(24)32)23(2)31(38)34-25-11-4-3-5-12-25/h6-10,13-19,23,25H,3-5,11-12,20-21H2,1-2H3,(H,34,38). The minimum atomic E-state index is -4.20. The number of sulfonamides is 1. The Kier molecular flexibility index (Phi) is 10.3. The lowest BCUT2D eigenvalue weighted by molar-refractivity contribution is -0.139. The number of nitrogens with one attached hydrogen (secondary N) is 1. The van der Waals surface area contributed by atoms with Crippen molar-refractivity contribution in [2.24, 2.45) is 0 Å². The van der Waals surface area contributed by atoms with Gasteiger partial charge in [-0.1, -0.05) is 90.5 Å². The third-order valence-corrected chi connectivity index (χ3v) is 9.89. The monoisotopic (exact) mass is 615 g/mol. The number of aryl methyl sites for hydroxylation is 1. The van der Waals surface area contributed by atoms with Gasteiger partial charge in [0.15, 0.2) is 0 Å². The van der Waals surface area contributed by atoms with Crippen molar-refractivity contribution in [1.82, 2.24) is 10.2 Å². The summed E-state index contributed by atoms with van der Waals surface area (Å²) in [5.41, 5.74) is 1.71. The summed E-state index contributed by atoms with van der Waals surface area (Å²) in [6.07, 6.45) is 5.03. The van der Waals surface area contributed by atoms with Crippen LogP contribution in [0.5, 0.6) is 0 Å². The molecule has 0 radical (unpaired) electrons.